The molecule has 0 aliphatic rings. The van der Waals surface area contributed by atoms with E-state index >= 15 is 0 Å². The van der Waals surface area contributed by atoms with E-state index in [0.717, 1.165) is 6.42 Å². The zero-order chi connectivity index (χ0) is 18.9. The van der Waals surface area contributed by atoms with Crippen LogP contribution in [0, 0.1) is 0 Å². The van der Waals surface area contributed by atoms with Gasteiger partial charge < -0.3 is 10.1 Å². The molecular formula is C21H19N3O2S. The number of benzene rings is 2. The van der Waals surface area contributed by atoms with Crippen LogP contribution in [0.15, 0.2) is 79.0 Å². The Hall–Kier alpha value is -3.25. The van der Waals surface area contributed by atoms with Gasteiger partial charge in [0.1, 0.15) is 11.6 Å². The Kier molecular flexibility index (Phi) is 6.49. The number of hydrogen-bond donors (Lipinski definition) is 2. The second-order valence-electron chi connectivity index (χ2n) is 5.74. The van der Waals surface area contributed by atoms with Crippen molar-refractivity contribution in [1.29, 1.82) is 0 Å². The number of anilines is 1. The zero-order valence-electron chi connectivity index (χ0n) is 14.6. The van der Waals surface area contributed by atoms with Gasteiger partial charge in [-0.25, -0.2) is 4.98 Å². The molecule has 1 heterocycles. The van der Waals surface area contributed by atoms with Gasteiger partial charge in [-0.2, -0.15) is 0 Å². The van der Waals surface area contributed by atoms with Gasteiger partial charge in [0.25, 0.3) is 5.91 Å². The maximum Gasteiger partial charge on any atom is 0.257 e. The highest BCUT2D eigenvalue weighted by atomic mass is 32.1. The van der Waals surface area contributed by atoms with E-state index in [1.54, 1.807) is 36.5 Å². The number of ether oxygens (including phenoxy) is 1. The maximum absolute atomic E-state index is 12.4. The Morgan fingerprint density at radius 2 is 1.81 bits per heavy atom. The standard InChI is InChI=1S/C21H19N3O2S/c25-20(24-21(27)23-19-11-4-5-13-22-19)17-9-6-10-18(15-17)26-14-12-16-7-2-1-3-8-16/h1-11,13,15H,12,14H2,(H2,22,23,24,25,27). The van der Waals surface area contributed by atoms with Crippen LogP contribution in [0.2, 0.25) is 0 Å². The summed E-state index contributed by atoms with van der Waals surface area (Å²) < 4.78 is 5.76. The van der Waals surface area contributed by atoms with Crippen LogP contribution in [0.3, 0.4) is 0 Å². The third kappa shape index (κ3) is 5.90. The number of hydrogen-bond acceptors (Lipinski definition) is 4. The van der Waals surface area contributed by atoms with Gasteiger partial charge in [0, 0.05) is 18.2 Å². The number of nitrogens with one attached hydrogen (secondary N) is 2. The summed E-state index contributed by atoms with van der Waals surface area (Å²) in [6, 6.07) is 22.5. The zero-order valence-corrected chi connectivity index (χ0v) is 15.4. The number of rotatable bonds is 6. The summed E-state index contributed by atoms with van der Waals surface area (Å²) in [6.07, 6.45) is 2.44. The van der Waals surface area contributed by atoms with E-state index in [1.165, 1.54) is 5.56 Å². The topological polar surface area (TPSA) is 63.2 Å². The van der Waals surface area contributed by atoms with Crippen LogP contribution >= 0.6 is 12.2 Å². The first-order valence-corrected chi connectivity index (χ1v) is 8.92. The van der Waals surface area contributed by atoms with Gasteiger partial charge in [-0.1, -0.05) is 42.5 Å². The number of amides is 1. The van der Waals surface area contributed by atoms with Gasteiger partial charge in [0.15, 0.2) is 5.11 Å². The lowest BCUT2D eigenvalue weighted by Crippen LogP contribution is -2.34. The number of carbonyl (C=O) groups excluding carboxylic acids is 1. The molecule has 0 aliphatic carbocycles. The second-order valence-corrected chi connectivity index (χ2v) is 6.14. The minimum Gasteiger partial charge on any atom is -0.493 e. The van der Waals surface area contributed by atoms with Crippen LogP contribution < -0.4 is 15.4 Å². The lowest BCUT2D eigenvalue weighted by atomic mass is 10.2. The highest BCUT2D eigenvalue weighted by Gasteiger charge is 2.09. The molecule has 0 bridgehead atoms. The average Bonchev–Trinajstić information content (AvgIpc) is 2.70. The monoisotopic (exact) mass is 377 g/mol. The lowest BCUT2D eigenvalue weighted by molar-refractivity contribution is 0.0977. The third-order valence-corrected chi connectivity index (χ3v) is 3.94. The fraction of sp³-hybridized carbons (Fsp3) is 0.0952. The quantitative estimate of drug-likeness (QED) is 0.639. The van der Waals surface area contributed by atoms with Gasteiger partial charge in [-0.05, 0) is 48.1 Å². The molecule has 2 N–H and O–H groups in total. The first-order chi connectivity index (χ1) is 13.2. The highest BCUT2D eigenvalue weighted by Crippen LogP contribution is 2.14. The predicted molar refractivity (Wildman–Crippen MR) is 110 cm³/mol. The Morgan fingerprint density at radius 1 is 1.00 bits per heavy atom. The Labute approximate surface area is 163 Å². The summed E-state index contributed by atoms with van der Waals surface area (Å²) in [6.45, 7) is 0.536. The van der Waals surface area contributed by atoms with Crippen LogP contribution in [0.5, 0.6) is 5.75 Å². The van der Waals surface area contributed by atoms with E-state index in [9.17, 15) is 4.79 Å². The molecule has 5 nitrogen and oxygen atoms in total. The number of thiocarbonyl (C=S) groups is 1. The summed E-state index contributed by atoms with van der Waals surface area (Å²) in [4.78, 5) is 16.5. The average molecular weight is 377 g/mol. The van der Waals surface area contributed by atoms with E-state index in [1.807, 2.05) is 30.3 Å². The summed E-state index contributed by atoms with van der Waals surface area (Å²) in [5.74, 6) is 0.903. The molecule has 0 unspecified atom stereocenters. The van der Waals surface area contributed by atoms with Gasteiger partial charge in [0.2, 0.25) is 0 Å². The number of pyridine rings is 1. The van der Waals surface area contributed by atoms with Crippen LogP contribution in [0.1, 0.15) is 15.9 Å². The molecule has 136 valence electrons. The van der Waals surface area contributed by atoms with Crippen molar-refractivity contribution in [2.75, 3.05) is 11.9 Å². The maximum atomic E-state index is 12.4. The molecule has 6 heteroatoms. The molecule has 27 heavy (non-hydrogen) atoms. The first-order valence-electron chi connectivity index (χ1n) is 8.51. The number of nitrogens with zero attached hydrogens (tertiary/aromatic N) is 1. The molecule has 0 fully saturated rings. The van der Waals surface area contributed by atoms with Crippen molar-refractivity contribution in [2.24, 2.45) is 0 Å². The van der Waals surface area contributed by atoms with Crippen molar-refractivity contribution in [3.8, 4) is 5.75 Å². The summed E-state index contributed by atoms with van der Waals surface area (Å²) in [7, 11) is 0. The number of carbonyl (C=O) groups is 1. The van der Waals surface area contributed by atoms with Crippen LogP contribution in [0.25, 0.3) is 0 Å². The molecule has 3 rings (SSSR count). The Morgan fingerprint density at radius 3 is 2.59 bits per heavy atom. The summed E-state index contributed by atoms with van der Waals surface area (Å²) in [5, 5.41) is 5.70. The predicted octanol–water partition coefficient (Wildman–Crippen LogP) is 3.83. The second kappa shape index (κ2) is 9.45. The van der Waals surface area contributed by atoms with Crippen molar-refractivity contribution < 1.29 is 9.53 Å². The molecule has 3 aromatic rings. The molecule has 1 aromatic heterocycles. The normalized spacial score (nSPS) is 10.1. The molecule has 0 saturated heterocycles. The summed E-state index contributed by atoms with van der Waals surface area (Å²) in [5.41, 5.74) is 1.68. The van der Waals surface area contributed by atoms with Crippen LogP contribution in [0.4, 0.5) is 5.82 Å². The molecular weight excluding hydrogens is 358 g/mol. The highest BCUT2D eigenvalue weighted by molar-refractivity contribution is 7.80. The molecule has 1 amide bonds. The van der Waals surface area contributed by atoms with Crippen molar-refractivity contribution >= 4 is 29.1 Å². The summed E-state index contributed by atoms with van der Waals surface area (Å²) >= 11 is 5.15. The Bertz CT molecular complexity index is 902. The minimum absolute atomic E-state index is 0.189. The molecule has 0 aliphatic heterocycles. The smallest absolute Gasteiger partial charge is 0.257 e. The van der Waals surface area contributed by atoms with E-state index in [2.05, 4.69) is 27.8 Å². The largest absolute Gasteiger partial charge is 0.493 e. The van der Waals surface area contributed by atoms with Crippen molar-refractivity contribution in [3.05, 3.63) is 90.1 Å². The van der Waals surface area contributed by atoms with Gasteiger partial charge in [-0.15, -0.1) is 0 Å². The van der Waals surface area contributed by atoms with Gasteiger partial charge in [0.05, 0.1) is 6.61 Å². The van der Waals surface area contributed by atoms with Crippen LogP contribution in [-0.4, -0.2) is 22.6 Å². The SMILES string of the molecule is O=C(NC(=S)Nc1ccccn1)c1cccc(OCCc2ccccc2)c1. The minimum atomic E-state index is -0.308. The van der Waals surface area contributed by atoms with E-state index < -0.39 is 0 Å². The van der Waals surface area contributed by atoms with E-state index in [0.29, 0.717) is 23.7 Å². The lowest BCUT2D eigenvalue weighted by Gasteiger charge is -2.10. The number of aromatic nitrogens is 1. The van der Waals surface area contributed by atoms with Crippen LogP contribution in [-0.2, 0) is 6.42 Å². The molecule has 0 radical (unpaired) electrons. The fourth-order valence-electron chi connectivity index (χ4n) is 2.42. The Balaban J connectivity index is 1.53. The van der Waals surface area contributed by atoms with E-state index in [4.69, 9.17) is 17.0 Å². The molecule has 0 saturated carbocycles. The molecule has 2 aromatic carbocycles. The first kappa shape index (κ1) is 18.5. The molecule has 0 spiro atoms. The molecule has 0 atom stereocenters. The van der Waals surface area contributed by atoms with Crippen molar-refractivity contribution in [2.45, 2.75) is 6.42 Å². The third-order valence-electron chi connectivity index (χ3n) is 3.73. The van der Waals surface area contributed by atoms with Crippen molar-refractivity contribution in [1.82, 2.24) is 10.3 Å². The van der Waals surface area contributed by atoms with E-state index in [-0.39, 0.29) is 11.0 Å². The fourth-order valence-corrected chi connectivity index (χ4v) is 2.62. The van der Waals surface area contributed by atoms with Crippen molar-refractivity contribution in [3.63, 3.8) is 0 Å². The van der Waals surface area contributed by atoms with Gasteiger partial charge >= 0.3 is 0 Å². The van der Waals surface area contributed by atoms with Gasteiger partial charge in [-0.3, -0.25) is 10.1 Å².